The molecule has 0 aliphatic carbocycles. The van der Waals surface area contributed by atoms with Crippen molar-refractivity contribution in [1.29, 1.82) is 0 Å². The molecule has 2 saturated heterocycles. The van der Waals surface area contributed by atoms with Gasteiger partial charge in [0.05, 0.1) is 5.69 Å². The Bertz CT molecular complexity index is 665. The van der Waals surface area contributed by atoms with Crippen LogP contribution in [0.4, 0.5) is 10.1 Å². The Morgan fingerprint density at radius 1 is 1.16 bits per heavy atom. The zero-order valence-corrected chi connectivity index (χ0v) is 14.3. The lowest BCUT2D eigenvalue weighted by atomic mass is 10.0. The molecule has 3 aliphatic rings. The molecule has 1 atom stereocenters. The van der Waals surface area contributed by atoms with E-state index < -0.39 is 5.79 Å². The summed E-state index contributed by atoms with van der Waals surface area (Å²) in [6.45, 7) is 4.21. The average Bonchev–Trinajstić information content (AvgIpc) is 3.26. The van der Waals surface area contributed by atoms with Gasteiger partial charge in [-0.25, -0.2) is 9.38 Å². The van der Waals surface area contributed by atoms with Crippen LogP contribution in [0.5, 0.6) is 0 Å². The van der Waals surface area contributed by atoms with Gasteiger partial charge in [-0.3, -0.25) is 11.2 Å². The number of nitrogens with two attached hydrogens (primary N) is 2. The van der Waals surface area contributed by atoms with E-state index in [1.165, 1.54) is 32.0 Å². The fourth-order valence-corrected chi connectivity index (χ4v) is 4.12. The number of likely N-dealkylation sites (tertiary alicyclic amines) is 1. The van der Waals surface area contributed by atoms with Crippen molar-refractivity contribution in [3.8, 4) is 0 Å². The number of hydrazine groups is 1. The predicted octanol–water partition coefficient (Wildman–Crippen LogP) is 0.382. The third-order valence-corrected chi connectivity index (χ3v) is 5.53. The van der Waals surface area contributed by atoms with E-state index in [2.05, 4.69) is 25.6 Å². The average molecular weight is 347 g/mol. The number of benzene rings is 1. The van der Waals surface area contributed by atoms with Crippen LogP contribution < -0.4 is 27.2 Å². The van der Waals surface area contributed by atoms with Crippen molar-refractivity contribution in [3.63, 3.8) is 0 Å². The first-order chi connectivity index (χ1) is 12.0. The molecule has 1 unspecified atom stereocenters. The van der Waals surface area contributed by atoms with Crippen molar-refractivity contribution in [2.75, 3.05) is 31.1 Å². The van der Waals surface area contributed by atoms with Crippen LogP contribution in [0.3, 0.4) is 0 Å². The molecule has 0 aromatic heterocycles. The van der Waals surface area contributed by atoms with Crippen molar-refractivity contribution < 1.29 is 4.39 Å². The van der Waals surface area contributed by atoms with Crippen LogP contribution in [0.15, 0.2) is 23.2 Å². The summed E-state index contributed by atoms with van der Waals surface area (Å²) in [5, 5.41) is 0. The quantitative estimate of drug-likeness (QED) is 0.632. The topological polar surface area (TPSA) is 94.9 Å². The predicted molar refractivity (Wildman–Crippen MR) is 96.2 cm³/mol. The smallest absolute Gasteiger partial charge is 0.209 e. The molecule has 0 bridgehead atoms. The molecular weight excluding hydrogens is 321 g/mol. The fourth-order valence-electron chi connectivity index (χ4n) is 4.12. The van der Waals surface area contributed by atoms with E-state index in [1.54, 1.807) is 6.07 Å². The lowest BCUT2D eigenvalue weighted by Gasteiger charge is -2.38. The van der Waals surface area contributed by atoms with Crippen LogP contribution in [-0.2, 0) is 5.79 Å². The minimum Gasteiger partial charge on any atom is -0.369 e. The third-order valence-electron chi connectivity index (χ3n) is 5.53. The summed E-state index contributed by atoms with van der Waals surface area (Å²) in [4.78, 5) is 8.82. The number of piperidine rings is 1. The molecule has 3 aliphatic heterocycles. The minimum atomic E-state index is -1.23. The SMILES string of the molecule is NC1=NC(N)(c2ccc(N3CCC(N4CCCC4)CC3)c(F)c2)NN1. The summed E-state index contributed by atoms with van der Waals surface area (Å²) in [6, 6.07) is 5.70. The first-order valence-corrected chi connectivity index (χ1v) is 9.01. The number of aliphatic imine (C=N–C) groups is 1. The van der Waals surface area contributed by atoms with Crippen molar-refractivity contribution in [2.45, 2.75) is 37.5 Å². The Morgan fingerprint density at radius 2 is 1.88 bits per heavy atom. The zero-order valence-electron chi connectivity index (χ0n) is 14.3. The zero-order chi connectivity index (χ0) is 17.4. The number of nitrogens with zero attached hydrogens (tertiary/aromatic N) is 3. The molecule has 2 fully saturated rings. The van der Waals surface area contributed by atoms with Gasteiger partial charge in [0.1, 0.15) is 5.82 Å². The van der Waals surface area contributed by atoms with Gasteiger partial charge in [-0.15, -0.1) is 0 Å². The molecule has 0 amide bonds. The summed E-state index contributed by atoms with van der Waals surface area (Å²) < 4.78 is 14.7. The van der Waals surface area contributed by atoms with Gasteiger partial charge in [-0.05, 0) is 50.9 Å². The fraction of sp³-hybridized carbons (Fsp3) is 0.588. The summed E-state index contributed by atoms with van der Waals surface area (Å²) >= 11 is 0. The molecule has 136 valence electrons. The lowest BCUT2D eigenvalue weighted by molar-refractivity contribution is 0.207. The first-order valence-electron chi connectivity index (χ1n) is 9.01. The highest BCUT2D eigenvalue weighted by molar-refractivity contribution is 5.79. The van der Waals surface area contributed by atoms with Crippen LogP contribution in [0.25, 0.3) is 0 Å². The number of hydrogen-bond acceptors (Lipinski definition) is 7. The van der Waals surface area contributed by atoms with Crippen LogP contribution in [0.1, 0.15) is 31.2 Å². The Balaban J connectivity index is 1.45. The standard InChI is InChI=1S/C17H26FN7/c18-14-11-12(17(20)21-16(19)22-23-17)3-4-15(14)25-9-5-13(6-10-25)24-7-1-2-8-24/h3-4,11,13,23H,1-2,5-10,20H2,(H3,19,21,22). The minimum absolute atomic E-state index is 0.191. The van der Waals surface area contributed by atoms with E-state index >= 15 is 0 Å². The summed E-state index contributed by atoms with van der Waals surface area (Å²) in [7, 11) is 0. The second-order valence-corrected chi connectivity index (χ2v) is 7.14. The van der Waals surface area contributed by atoms with E-state index in [4.69, 9.17) is 11.5 Å². The molecule has 1 aromatic rings. The third kappa shape index (κ3) is 3.17. The maximum Gasteiger partial charge on any atom is 0.209 e. The van der Waals surface area contributed by atoms with Gasteiger partial charge in [-0.1, -0.05) is 6.07 Å². The van der Waals surface area contributed by atoms with E-state index in [-0.39, 0.29) is 11.8 Å². The van der Waals surface area contributed by atoms with Crippen LogP contribution in [0.2, 0.25) is 0 Å². The second kappa shape index (κ2) is 6.44. The second-order valence-electron chi connectivity index (χ2n) is 7.14. The van der Waals surface area contributed by atoms with Gasteiger partial charge in [-0.2, -0.15) is 5.43 Å². The highest BCUT2D eigenvalue weighted by atomic mass is 19.1. The molecule has 7 nitrogen and oxygen atoms in total. The number of anilines is 1. The Morgan fingerprint density at radius 3 is 2.48 bits per heavy atom. The molecule has 3 heterocycles. The maximum atomic E-state index is 14.7. The van der Waals surface area contributed by atoms with Gasteiger partial charge < -0.3 is 15.5 Å². The van der Waals surface area contributed by atoms with Crippen LogP contribution >= 0.6 is 0 Å². The largest absolute Gasteiger partial charge is 0.369 e. The number of guanidine groups is 1. The molecule has 1 aromatic carbocycles. The monoisotopic (exact) mass is 347 g/mol. The van der Waals surface area contributed by atoms with Gasteiger partial charge in [0.2, 0.25) is 11.7 Å². The number of nitrogens with one attached hydrogen (secondary N) is 2. The summed E-state index contributed by atoms with van der Waals surface area (Å²) in [5.41, 5.74) is 18.3. The Kier molecular flexibility index (Phi) is 4.26. The van der Waals surface area contributed by atoms with E-state index in [0.29, 0.717) is 17.3 Å². The summed E-state index contributed by atoms with van der Waals surface area (Å²) in [6.07, 6.45) is 4.81. The Hall–Kier alpha value is -1.90. The number of hydrogen-bond donors (Lipinski definition) is 4. The van der Waals surface area contributed by atoms with E-state index in [0.717, 1.165) is 25.9 Å². The van der Waals surface area contributed by atoms with Crippen LogP contribution in [0, 0.1) is 5.82 Å². The molecular formula is C17H26FN7. The molecule has 6 N–H and O–H groups in total. The van der Waals surface area contributed by atoms with Crippen molar-refractivity contribution in [3.05, 3.63) is 29.6 Å². The van der Waals surface area contributed by atoms with Gasteiger partial charge >= 0.3 is 0 Å². The van der Waals surface area contributed by atoms with Crippen molar-refractivity contribution >= 4 is 11.6 Å². The van der Waals surface area contributed by atoms with Gasteiger partial charge in [0, 0.05) is 24.7 Å². The highest BCUT2D eigenvalue weighted by Gasteiger charge is 2.33. The lowest BCUT2D eigenvalue weighted by Crippen LogP contribution is -2.50. The van der Waals surface area contributed by atoms with Gasteiger partial charge in [0.25, 0.3) is 0 Å². The van der Waals surface area contributed by atoms with Gasteiger partial charge in [0.15, 0.2) is 0 Å². The molecule has 25 heavy (non-hydrogen) atoms. The van der Waals surface area contributed by atoms with E-state index in [1.807, 2.05) is 6.07 Å². The number of halogens is 1. The van der Waals surface area contributed by atoms with Crippen LogP contribution in [-0.4, -0.2) is 43.1 Å². The highest BCUT2D eigenvalue weighted by Crippen LogP contribution is 2.29. The maximum absolute atomic E-state index is 14.7. The summed E-state index contributed by atoms with van der Waals surface area (Å²) in [5.74, 6) is -1.31. The van der Waals surface area contributed by atoms with Crippen molar-refractivity contribution in [1.82, 2.24) is 15.8 Å². The normalized spacial score (nSPS) is 28.2. The molecule has 0 spiro atoms. The van der Waals surface area contributed by atoms with E-state index in [9.17, 15) is 4.39 Å². The molecule has 0 saturated carbocycles. The van der Waals surface area contributed by atoms with Crippen molar-refractivity contribution in [2.24, 2.45) is 16.5 Å². The Labute approximate surface area is 147 Å². The molecule has 0 radical (unpaired) electrons. The first kappa shape index (κ1) is 16.6. The molecule has 8 heteroatoms. The number of rotatable bonds is 3. The molecule has 4 rings (SSSR count).